The number of nitrogens with one attached hydrogen (secondary N) is 2. The Labute approximate surface area is 232 Å². The summed E-state index contributed by atoms with van der Waals surface area (Å²) < 4.78 is 25.6. The van der Waals surface area contributed by atoms with Gasteiger partial charge in [-0.25, -0.2) is 14.1 Å². The van der Waals surface area contributed by atoms with E-state index in [2.05, 4.69) is 33.2 Å². The van der Waals surface area contributed by atoms with E-state index in [9.17, 15) is 18.8 Å². The van der Waals surface area contributed by atoms with Crippen LogP contribution < -0.4 is 20.1 Å². The monoisotopic (exact) mass is 629 g/mol. The van der Waals surface area contributed by atoms with Gasteiger partial charge in [-0.3, -0.25) is 9.59 Å². The Morgan fingerprint density at radius 2 is 1.87 bits per heavy atom. The highest BCUT2D eigenvalue weighted by Crippen LogP contribution is 2.35. The molecule has 196 valence electrons. The van der Waals surface area contributed by atoms with Crippen molar-refractivity contribution in [3.63, 3.8) is 0 Å². The number of halogens is 2. The fraction of sp³-hybridized carbons (Fsp3) is 0.179. The lowest BCUT2D eigenvalue weighted by Crippen LogP contribution is -2.38. The van der Waals surface area contributed by atoms with Gasteiger partial charge in [0.15, 0.2) is 11.5 Å². The number of amides is 4. The van der Waals surface area contributed by atoms with Gasteiger partial charge in [0.05, 0.1) is 10.2 Å². The first-order valence-corrected chi connectivity index (χ1v) is 12.9. The standard InChI is InChI=1S/C28H25FIN3O5/c1-3-37-24-14-19(12-22(30)26(24)38-16-18-7-9-20(29)10-8-18)13-23-27(35)33(28(36)32-23)15-25(34)31-21-6-4-5-17(2)11-21/h4-14H,3,15-16H2,1-2H3,(H,31,34)(H,32,36)/b23-13+. The van der Waals surface area contributed by atoms with Crippen molar-refractivity contribution in [3.05, 3.63) is 92.4 Å². The number of hydrogen-bond acceptors (Lipinski definition) is 5. The minimum atomic E-state index is -0.681. The third-order valence-electron chi connectivity index (χ3n) is 5.50. The van der Waals surface area contributed by atoms with Gasteiger partial charge in [0.2, 0.25) is 5.91 Å². The van der Waals surface area contributed by atoms with Crippen LogP contribution in [0.4, 0.5) is 14.9 Å². The molecule has 0 radical (unpaired) electrons. The SMILES string of the molecule is CCOc1cc(/C=C2/NC(=O)N(CC(=O)Nc3cccc(C)c3)C2=O)cc(I)c1OCc1ccc(F)cc1. The zero-order valence-corrected chi connectivity index (χ0v) is 22.9. The molecule has 1 aliphatic heterocycles. The topological polar surface area (TPSA) is 97.0 Å². The average Bonchev–Trinajstić information content (AvgIpc) is 3.12. The Morgan fingerprint density at radius 1 is 1.11 bits per heavy atom. The third-order valence-corrected chi connectivity index (χ3v) is 6.31. The van der Waals surface area contributed by atoms with Crippen molar-refractivity contribution in [1.29, 1.82) is 0 Å². The van der Waals surface area contributed by atoms with E-state index in [1.54, 1.807) is 42.5 Å². The summed E-state index contributed by atoms with van der Waals surface area (Å²) in [6.07, 6.45) is 1.52. The van der Waals surface area contributed by atoms with Crippen molar-refractivity contribution in [2.24, 2.45) is 0 Å². The molecule has 0 aliphatic carbocycles. The van der Waals surface area contributed by atoms with Crippen molar-refractivity contribution in [3.8, 4) is 11.5 Å². The Bertz CT molecular complexity index is 1410. The van der Waals surface area contributed by atoms with Crippen LogP contribution in [0.2, 0.25) is 0 Å². The summed E-state index contributed by atoms with van der Waals surface area (Å²) in [5.74, 6) is -0.459. The van der Waals surface area contributed by atoms with Gasteiger partial charge in [-0.1, -0.05) is 24.3 Å². The third kappa shape index (κ3) is 6.68. The van der Waals surface area contributed by atoms with Crippen molar-refractivity contribution >= 4 is 52.2 Å². The van der Waals surface area contributed by atoms with Gasteiger partial charge in [-0.2, -0.15) is 0 Å². The second-order valence-electron chi connectivity index (χ2n) is 8.48. The van der Waals surface area contributed by atoms with E-state index >= 15 is 0 Å². The van der Waals surface area contributed by atoms with Crippen LogP contribution in [0.3, 0.4) is 0 Å². The maximum absolute atomic E-state index is 13.2. The number of anilines is 1. The van der Waals surface area contributed by atoms with Gasteiger partial charge in [-0.15, -0.1) is 0 Å². The van der Waals surface area contributed by atoms with Crippen LogP contribution in [-0.2, 0) is 16.2 Å². The fourth-order valence-corrected chi connectivity index (χ4v) is 4.54. The number of benzene rings is 3. The predicted octanol–water partition coefficient (Wildman–Crippen LogP) is 5.25. The Morgan fingerprint density at radius 3 is 2.58 bits per heavy atom. The second-order valence-corrected chi connectivity index (χ2v) is 9.64. The molecule has 0 atom stereocenters. The van der Waals surface area contributed by atoms with Gasteiger partial charge in [-0.05, 0) is 95.6 Å². The number of carbonyl (C=O) groups is 3. The van der Waals surface area contributed by atoms with Crippen molar-refractivity contribution < 1.29 is 28.2 Å². The molecule has 1 heterocycles. The zero-order valence-electron chi connectivity index (χ0n) is 20.7. The van der Waals surface area contributed by atoms with Crippen LogP contribution in [-0.4, -0.2) is 35.9 Å². The molecule has 0 aromatic heterocycles. The molecule has 1 aliphatic rings. The maximum Gasteiger partial charge on any atom is 0.329 e. The lowest BCUT2D eigenvalue weighted by molar-refractivity contribution is -0.127. The van der Waals surface area contributed by atoms with Crippen LogP contribution in [0.1, 0.15) is 23.6 Å². The molecule has 3 aromatic rings. The minimum Gasteiger partial charge on any atom is -0.490 e. The normalized spacial score (nSPS) is 14.0. The molecule has 0 bridgehead atoms. The Hall–Kier alpha value is -3.93. The number of rotatable bonds is 9. The van der Waals surface area contributed by atoms with E-state index in [4.69, 9.17) is 9.47 Å². The van der Waals surface area contributed by atoms with Crippen molar-refractivity contribution in [2.75, 3.05) is 18.5 Å². The lowest BCUT2D eigenvalue weighted by Gasteiger charge is -2.15. The van der Waals surface area contributed by atoms with Crippen LogP contribution in [0, 0.1) is 16.3 Å². The molecule has 1 saturated heterocycles. The first-order chi connectivity index (χ1) is 18.2. The largest absolute Gasteiger partial charge is 0.490 e. The molecule has 10 heteroatoms. The van der Waals surface area contributed by atoms with Crippen molar-refractivity contribution in [1.82, 2.24) is 10.2 Å². The molecule has 1 fully saturated rings. The van der Waals surface area contributed by atoms with Gasteiger partial charge in [0, 0.05) is 5.69 Å². The van der Waals surface area contributed by atoms with Crippen LogP contribution in [0.15, 0.2) is 66.4 Å². The Balaban J connectivity index is 1.48. The highest BCUT2D eigenvalue weighted by atomic mass is 127. The summed E-state index contributed by atoms with van der Waals surface area (Å²) in [4.78, 5) is 38.7. The molecule has 0 saturated carbocycles. The van der Waals surface area contributed by atoms with Crippen LogP contribution in [0.5, 0.6) is 11.5 Å². The van der Waals surface area contributed by atoms with Crippen molar-refractivity contribution in [2.45, 2.75) is 20.5 Å². The van der Waals surface area contributed by atoms with E-state index in [0.717, 1.165) is 16.0 Å². The second kappa shape index (κ2) is 12.1. The molecule has 0 unspecified atom stereocenters. The highest BCUT2D eigenvalue weighted by Gasteiger charge is 2.35. The van der Waals surface area contributed by atoms with E-state index in [1.165, 1.54) is 18.2 Å². The van der Waals surface area contributed by atoms with Gasteiger partial charge in [0.25, 0.3) is 5.91 Å². The number of nitrogens with zero attached hydrogens (tertiary/aromatic N) is 1. The molecular formula is C28H25FIN3O5. The number of ether oxygens (including phenoxy) is 2. The first-order valence-electron chi connectivity index (χ1n) is 11.8. The predicted molar refractivity (Wildman–Crippen MR) is 149 cm³/mol. The summed E-state index contributed by atoms with van der Waals surface area (Å²) >= 11 is 2.10. The molecule has 3 aromatic carbocycles. The summed E-state index contributed by atoms with van der Waals surface area (Å²) in [5, 5.41) is 5.23. The average molecular weight is 629 g/mol. The molecule has 0 spiro atoms. The quantitative estimate of drug-likeness (QED) is 0.192. The summed E-state index contributed by atoms with van der Waals surface area (Å²) in [7, 11) is 0. The van der Waals surface area contributed by atoms with Crippen LogP contribution >= 0.6 is 22.6 Å². The van der Waals surface area contributed by atoms with E-state index < -0.39 is 24.4 Å². The van der Waals surface area contributed by atoms with E-state index in [-0.39, 0.29) is 18.1 Å². The Kier molecular flexibility index (Phi) is 8.62. The molecule has 2 N–H and O–H groups in total. The minimum absolute atomic E-state index is 0.0385. The fourth-order valence-electron chi connectivity index (χ4n) is 3.76. The summed E-state index contributed by atoms with van der Waals surface area (Å²) in [6.45, 7) is 3.90. The van der Waals surface area contributed by atoms with Gasteiger partial charge >= 0.3 is 6.03 Å². The maximum atomic E-state index is 13.2. The first kappa shape index (κ1) is 27.1. The number of aryl methyl sites for hydroxylation is 1. The smallest absolute Gasteiger partial charge is 0.329 e. The lowest BCUT2D eigenvalue weighted by atomic mass is 10.1. The van der Waals surface area contributed by atoms with E-state index in [1.807, 2.05) is 19.9 Å². The molecule has 4 amide bonds. The summed E-state index contributed by atoms with van der Waals surface area (Å²) in [5.41, 5.74) is 2.98. The van der Waals surface area contributed by atoms with E-state index in [0.29, 0.717) is 32.9 Å². The number of carbonyl (C=O) groups excluding carboxylic acids is 3. The number of hydrogen-bond donors (Lipinski definition) is 2. The molecule has 4 rings (SSSR count). The molecule has 8 nitrogen and oxygen atoms in total. The molecular weight excluding hydrogens is 604 g/mol. The number of urea groups is 1. The number of imide groups is 1. The zero-order chi connectivity index (χ0) is 27.2. The van der Waals surface area contributed by atoms with Gasteiger partial charge in [0.1, 0.15) is 24.7 Å². The summed E-state index contributed by atoms with van der Waals surface area (Å²) in [6, 6.07) is 16.0. The van der Waals surface area contributed by atoms with Crippen LogP contribution in [0.25, 0.3) is 6.08 Å². The highest BCUT2D eigenvalue weighted by molar-refractivity contribution is 14.1. The molecule has 38 heavy (non-hydrogen) atoms. The van der Waals surface area contributed by atoms with Gasteiger partial charge < -0.3 is 20.1 Å².